The van der Waals surface area contributed by atoms with Crippen molar-refractivity contribution >= 4 is 10.4 Å². The summed E-state index contributed by atoms with van der Waals surface area (Å²) in [4.78, 5) is 0. The molecule has 4 fully saturated rings. The van der Waals surface area contributed by atoms with Gasteiger partial charge < -0.3 is 30.6 Å². The molecule has 0 spiro atoms. The number of hydrogen-bond acceptors (Lipinski definition) is 9. The number of aliphatic hydroxyl groups excluding tert-OH is 4. The van der Waals surface area contributed by atoms with E-state index in [0.717, 1.165) is 6.42 Å². The van der Waals surface area contributed by atoms with Crippen molar-refractivity contribution < 1.29 is 47.8 Å². The summed E-state index contributed by atoms with van der Waals surface area (Å²) < 4.78 is 35.3. The van der Waals surface area contributed by atoms with Gasteiger partial charge in [0.15, 0.2) is 0 Å². The average molecular weight is 593 g/mol. The fraction of sp³-hybridized carbons (Fsp3) is 1.00. The lowest BCUT2D eigenvalue weighted by atomic mass is 9.40. The van der Waals surface area contributed by atoms with Gasteiger partial charge in [0.1, 0.15) is 0 Å². The highest BCUT2D eigenvalue weighted by atomic mass is 32.3. The summed E-state index contributed by atoms with van der Waals surface area (Å²) in [5, 5.41) is 68.7. The summed E-state index contributed by atoms with van der Waals surface area (Å²) in [6, 6.07) is 0. The first-order valence-electron chi connectivity index (χ1n) is 15.1. The van der Waals surface area contributed by atoms with Crippen molar-refractivity contribution in [2.75, 3.05) is 6.61 Å². The first kappa shape index (κ1) is 32.5. The van der Waals surface area contributed by atoms with Gasteiger partial charge in [-0.15, -0.1) is 0 Å². The summed E-state index contributed by atoms with van der Waals surface area (Å²) in [6.07, 6.45) is -0.249. The minimum absolute atomic E-state index is 0.0191. The first-order chi connectivity index (χ1) is 18.3. The van der Waals surface area contributed by atoms with Crippen LogP contribution >= 0.6 is 0 Å². The summed E-state index contributed by atoms with van der Waals surface area (Å²) in [6.45, 7) is 9.97. The Morgan fingerprint density at radius 2 is 1.55 bits per heavy atom. The highest BCUT2D eigenvalue weighted by molar-refractivity contribution is 7.80. The predicted molar refractivity (Wildman–Crippen MR) is 147 cm³/mol. The lowest BCUT2D eigenvalue weighted by molar-refractivity contribution is -0.315. The molecular formula is C29H52O10S. The van der Waals surface area contributed by atoms with Gasteiger partial charge in [0, 0.05) is 24.2 Å². The van der Waals surface area contributed by atoms with Gasteiger partial charge in [-0.05, 0) is 73.5 Å². The van der Waals surface area contributed by atoms with Crippen LogP contribution in [0.15, 0.2) is 0 Å². The Bertz CT molecular complexity index is 1020. The van der Waals surface area contributed by atoms with E-state index in [1.54, 1.807) is 0 Å². The normalized spacial score (nSPS) is 48.8. The van der Waals surface area contributed by atoms with Crippen LogP contribution in [0.25, 0.3) is 0 Å². The molecule has 0 aromatic carbocycles. The molecule has 234 valence electrons. The third-order valence-corrected chi connectivity index (χ3v) is 12.8. The third-order valence-electron chi connectivity index (χ3n) is 12.3. The molecule has 0 saturated heterocycles. The number of hydrogen-bond donors (Lipinski definition) is 7. The molecule has 4 saturated carbocycles. The van der Waals surface area contributed by atoms with E-state index in [-0.39, 0.29) is 43.1 Å². The van der Waals surface area contributed by atoms with Crippen LogP contribution in [0.4, 0.5) is 0 Å². The summed E-state index contributed by atoms with van der Waals surface area (Å²) >= 11 is 0. The Labute approximate surface area is 239 Å². The maximum absolute atomic E-state index is 12.4. The molecule has 0 heterocycles. The van der Waals surface area contributed by atoms with Gasteiger partial charge in [-0.1, -0.05) is 41.0 Å². The molecule has 0 aromatic heterocycles. The summed E-state index contributed by atoms with van der Waals surface area (Å²) in [5.74, 6) is -1.04. The predicted octanol–water partition coefficient (Wildman–Crippen LogP) is 2.05. The van der Waals surface area contributed by atoms with Crippen molar-refractivity contribution in [3.05, 3.63) is 0 Å². The topological polar surface area (TPSA) is 185 Å². The SMILES string of the molecule is CC(C)[C@@H](CCOS(=O)(=O)O)CC[C@@H](C)[C@H]1[C@@H](O)[C@H](O)[C@@H]2[C@]1(C)CC[C@H]1[C@@]2(O)C[C@@H](O)[C@@]2(O)C[C@@H](O)CC[C@]12C. The molecule has 13 atom stereocenters. The number of aliphatic hydroxyl groups is 6. The lowest BCUT2D eigenvalue weighted by Gasteiger charge is -2.68. The average Bonchev–Trinajstić information content (AvgIpc) is 3.02. The van der Waals surface area contributed by atoms with Crippen LogP contribution in [-0.2, 0) is 14.6 Å². The molecule has 0 radical (unpaired) electrons. The lowest BCUT2D eigenvalue weighted by Crippen LogP contribution is -2.75. The fourth-order valence-electron chi connectivity index (χ4n) is 10.3. The van der Waals surface area contributed by atoms with Crippen LogP contribution in [-0.4, -0.2) is 85.8 Å². The molecule has 0 amide bonds. The monoisotopic (exact) mass is 592 g/mol. The maximum atomic E-state index is 12.4. The van der Waals surface area contributed by atoms with Crippen LogP contribution in [0.5, 0.6) is 0 Å². The zero-order valence-electron chi connectivity index (χ0n) is 24.6. The number of fused-ring (bicyclic) bond motifs is 5. The Hall–Kier alpha value is -0.370. The van der Waals surface area contributed by atoms with Gasteiger partial charge in [-0.2, -0.15) is 8.42 Å². The zero-order valence-corrected chi connectivity index (χ0v) is 25.4. The van der Waals surface area contributed by atoms with E-state index in [4.69, 9.17) is 4.55 Å². The van der Waals surface area contributed by atoms with Crippen molar-refractivity contribution in [1.29, 1.82) is 0 Å². The molecule has 0 aromatic rings. The zero-order chi connectivity index (χ0) is 30.1. The largest absolute Gasteiger partial charge is 0.397 e. The Balaban J connectivity index is 1.55. The fourth-order valence-corrected chi connectivity index (χ4v) is 10.6. The first-order valence-corrected chi connectivity index (χ1v) is 16.5. The Morgan fingerprint density at radius 1 is 0.900 bits per heavy atom. The van der Waals surface area contributed by atoms with Crippen molar-refractivity contribution in [2.24, 2.45) is 46.3 Å². The molecule has 4 rings (SSSR count). The quantitative estimate of drug-likeness (QED) is 0.195. The molecule has 0 aliphatic heterocycles. The number of rotatable bonds is 9. The second-order valence-electron chi connectivity index (χ2n) is 14.6. The third kappa shape index (κ3) is 5.19. The van der Waals surface area contributed by atoms with E-state index in [0.29, 0.717) is 38.5 Å². The van der Waals surface area contributed by atoms with Crippen LogP contribution in [0.2, 0.25) is 0 Å². The Kier molecular flexibility index (Phi) is 8.92. The molecule has 40 heavy (non-hydrogen) atoms. The van der Waals surface area contributed by atoms with E-state index in [9.17, 15) is 39.1 Å². The van der Waals surface area contributed by atoms with Gasteiger partial charge in [-0.3, -0.25) is 4.55 Å². The molecule has 10 nitrogen and oxygen atoms in total. The van der Waals surface area contributed by atoms with Crippen LogP contribution in [0.3, 0.4) is 0 Å². The molecule has 4 aliphatic rings. The Morgan fingerprint density at radius 3 is 2.15 bits per heavy atom. The molecule has 0 unspecified atom stereocenters. The van der Waals surface area contributed by atoms with Crippen molar-refractivity contribution in [2.45, 2.75) is 128 Å². The van der Waals surface area contributed by atoms with E-state index in [1.165, 1.54) is 0 Å². The standard InChI is InChI=1S/C29H52O10S/c1-16(2)18(10-13-39-40(36,37)38)7-6-17(3)22-23(32)24(33)25-26(22,4)11-9-20-27(5)12-8-19(30)14-29(27,35)21(31)15-28(20,25)34/h16-25,30-35H,6-15H2,1-5H3,(H,36,37,38)/t17-,18-,19+,20-,21-,22+,23-,24+,25-,26-,27-,28+,29+/m1/s1. The van der Waals surface area contributed by atoms with Crippen LogP contribution in [0.1, 0.15) is 92.4 Å². The molecule has 4 aliphatic carbocycles. The molecular weight excluding hydrogens is 540 g/mol. The van der Waals surface area contributed by atoms with Gasteiger partial charge in [0.2, 0.25) is 0 Å². The van der Waals surface area contributed by atoms with Gasteiger partial charge in [0.05, 0.1) is 42.2 Å². The molecule has 11 heteroatoms. The minimum atomic E-state index is -4.49. The second-order valence-corrected chi connectivity index (χ2v) is 15.7. The highest BCUT2D eigenvalue weighted by Crippen LogP contribution is 2.70. The maximum Gasteiger partial charge on any atom is 0.397 e. The molecule has 0 bridgehead atoms. The van der Waals surface area contributed by atoms with Gasteiger partial charge in [0.25, 0.3) is 0 Å². The van der Waals surface area contributed by atoms with Crippen LogP contribution < -0.4 is 0 Å². The smallest absolute Gasteiger partial charge is 0.393 e. The van der Waals surface area contributed by atoms with E-state index in [1.807, 2.05) is 27.7 Å². The van der Waals surface area contributed by atoms with Crippen LogP contribution in [0, 0.1) is 46.3 Å². The van der Waals surface area contributed by atoms with Crippen molar-refractivity contribution in [3.8, 4) is 0 Å². The van der Waals surface area contributed by atoms with Gasteiger partial charge >= 0.3 is 10.4 Å². The minimum Gasteiger partial charge on any atom is -0.393 e. The van der Waals surface area contributed by atoms with Gasteiger partial charge in [-0.25, -0.2) is 4.18 Å². The van der Waals surface area contributed by atoms with Crippen molar-refractivity contribution in [1.82, 2.24) is 0 Å². The summed E-state index contributed by atoms with van der Waals surface area (Å²) in [7, 11) is -4.49. The molecule has 7 N–H and O–H groups in total. The van der Waals surface area contributed by atoms with E-state index >= 15 is 0 Å². The summed E-state index contributed by atoms with van der Waals surface area (Å²) in [5.41, 5.74) is -4.47. The van der Waals surface area contributed by atoms with E-state index in [2.05, 4.69) is 11.1 Å². The van der Waals surface area contributed by atoms with E-state index < -0.39 is 68.7 Å². The highest BCUT2D eigenvalue weighted by Gasteiger charge is 2.75. The second kappa shape index (κ2) is 11.0. The van der Waals surface area contributed by atoms with Crippen molar-refractivity contribution in [3.63, 3.8) is 0 Å².